The number of sulfonamides is 1. The predicted molar refractivity (Wildman–Crippen MR) is 94.2 cm³/mol. The third-order valence-electron chi connectivity index (χ3n) is 4.26. The normalized spacial score (nSPS) is 18.7. The summed E-state index contributed by atoms with van der Waals surface area (Å²) in [5.41, 5.74) is 0.863. The molecule has 2 aromatic rings. The molecule has 1 aromatic carbocycles. The van der Waals surface area contributed by atoms with Gasteiger partial charge in [0.1, 0.15) is 15.9 Å². The topological polar surface area (TPSA) is 130 Å². The fourth-order valence-corrected chi connectivity index (χ4v) is 5.22. The molecular weight excluding hydrogens is 380 g/mol. The predicted octanol–water partition coefficient (Wildman–Crippen LogP) is 0.683. The molecule has 2 heterocycles. The van der Waals surface area contributed by atoms with Crippen molar-refractivity contribution in [1.82, 2.24) is 18.4 Å². The lowest BCUT2D eigenvalue weighted by Crippen LogP contribution is -2.45. The van der Waals surface area contributed by atoms with Crippen molar-refractivity contribution in [3.63, 3.8) is 0 Å². The number of amides is 1. The van der Waals surface area contributed by atoms with Gasteiger partial charge in [-0.05, 0) is 25.0 Å². The average molecular weight is 398 g/mol. The Bertz CT molecular complexity index is 927. The Morgan fingerprint density at radius 2 is 2.15 bits per heavy atom. The van der Waals surface area contributed by atoms with Gasteiger partial charge in [-0.25, -0.2) is 8.42 Å². The zero-order valence-corrected chi connectivity index (χ0v) is 15.4. The first kappa shape index (κ1) is 18.7. The summed E-state index contributed by atoms with van der Waals surface area (Å²) in [5.74, 6) is -1.82. The van der Waals surface area contributed by atoms with Crippen LogP contribution >= 0.6 is 11.7 Å². The van der Waals surface area contributed by atoms with Crippen molar-refractivity contribution in [1.29, 1.82) is 0 Å². The minimum atomic E-state index is -3.80. The third kappa shape index (κ3) is 3.84. The number of carbonyl (C=O) groups excluding carboxylic acids is 1. The van der Waals surface area contributed by atoms with Gasteiger partial charge in [0, 0.05) is 19.6 Å². The van der Waals surface area contributed by atoms with Gasteiger partial charge >= 0.3 is 5.97 Å². The molecule has 1 unspecified atom stereocenters. The molecule has 1 fully saturated rings. The molecule has 1 aromatic heterocycles. The zero-order chi connectivity index (χ0) is 18.7. The first-order valence-electron chi connectivity index (χ1n) is 8.10. The van der Waals surface area contributed by atoms with Crippen LogP contribution in [-0.4, -0.2) is 58.1 Å². The number of aromatic nitrogens is 2. The molecule has 11 heteroatoms. The summed E-state index contributed by atoms with van der Waals surface area (Å²) in [6.45, 7) is 0.422. The van der Waals surface area contributed by atoms with Crippen molar-refractivity contribution in [2.75, 3.05) is 19.6 Å². The lowest BCUT2D eigenvalue weighted by Gasteiger charge is -2.31. The number of rotatable bonds is 6. The summed E-state index contributed by atoms with van der Waals surface area (Å²) in [5, 5.41) is 11.2. The molecule has 1 amide bonds. The maximum absolute atomic E-state index is 13.0. The third-order valence-corrected chi connectivity index (χ3v) is 6.70. The molecular formula is C15H18N4O5S2. The van der Waals surface area contributed by atoms with E-state index in [1.54, 1.807) is 12.1 Å². The average Bonchev–Trinajstić information content (AvgIpc) is 3.10. The van der Waals surface area contributed by atoms with Gasteiger partial charge in [-0.15, -0.1) is 0 Å². The highest BCUT2D eigenvalue weighted by Crippen LogP contribution is 2.28. The highest BCUT2D eigenvalue weighted by atomic mass is 32.2. The standard InChI is InChI=1S/C15H18N4O5S2/c20-13(21)6-7-16-15(22)10-3-2-8-19(9-10)26(23,24)12-5-1-4-11-14(12)18-25-17-11/h1,4-5,10H,2-3,6-9H2,(H,16,22)(H,20,21). The summed E-state index contributed by atoms with van der Waals surface area (Å²) in [6.07, 6.45) is 0.953. The molecule has 0 aliphatic carbocycles. The summed E-state index contributed by atoms with van der Waals surface area (Å²) in [6, 6.07) is 4.82. The number of carbonyl (C=O) groups is 2. The maximum Gasteiger partial charge on any atom is 0.305 e. The van der Waals surface area contributed by atoms with Crippen molar-refractivity contribution in [3.05, 3.63) is 18.2 Å². The first-order valence-corrected chi connectivity index (χ1v) is 10.3. The molecule has 1 aliphatic heterocycles. The molecule has 0 radical (unpaired) electrons. The number of nitrogens with zero attached hydrogens (tertiary/aromatic N) is 3. The number of carboxylic acids is 1. The molecule has 0 bridgehead atoms. The van der Waals surface area contributed by atoms with Crippen molar-refractivity contribution >= 4 is 44.7 Å². The van der Waals surface area contributed by atoms with Crippen LogP contribution in [0, 0.1) is 5.92 Å². The Kier molecular flexibility index (Phi) is 5.49. The minimum Gasteiger partial charge on any atom is -0.481 e. The zero-order valence-electron chi connectivity index (χ0n) is 13.8. The molecule has 9 nitrogen and oxygen atoms in total. The van der Waals surface area contributed by atoms with E-state index in [0.29, 0.717) is 30.4 Å². The summed E-state index contributed by atoms with van der Waals surface area (Å²) in [4.78, 5) is 22.8. The second-order valence-corrected chi connectivity index (χ2v) is 8.46. The Morgan fingerprint density at radius 3 is 2.92 bits per heavy atom. The van der Waals surface area contributed by atoms with E-state index in [-0.39, 0.29) is 30.3 Å². The molecule has 3 rings (SSSR count). The number of hydrogen-bond donors (Lipinski definition) is 2. The van der Waals surface area contributed by atoms with Crippen LogP contribution in [0.1, 0.15) is 19.3 Å². The van der Waals surface area contributed by atoms with E-state index in [2.05, 4.69) is 14.1 Å². The van der Waals surface area contributed by atoms with Gasteiger partial charge in [0.05, 0.1) is 24.1 Å². The fraction of sp³-hybridized carbons (Fsp3) is 0.467. The van der Waals surface area contributed by atoms with Gasteiger partial charge in [0.15, 0.2) is 0 Å². The van der Waals surface area contributed by atoms with Gasteiger partial charge in [-0.2, -0.15) is 13.1 Å². The van der Waals surface area contributed by atoms with Crippen molar-refractivity contribution in [2.24, 2.45) is 5.92 Å². The summed E-state index contributed by atoms with van der Waals surface area (Å²) < 4.78 is 35.5. The van der Waals surface area contributed by atoms with Crippen molar-refractivity contribution in [3.8, 4) is 0 Å². The summed E-state index contributed by atoms with van der Waals surface area (Å²) in [7, 11) is -3.80. The number of fused-ring (bicyclic) bond motifs is 1. The van der Waals surface area contributed by atoms with Gasteiger partial charge < -0.3 is 10.4 Å². The SMILES string of the molecule is O=C(O)CCNC(=O)C1CCCN(S(=O)(=O)c2cccc3nsnc23)C1. The maximum atomic E-state index is 13.0. The van der Waals surface area contributed by atoms with Crippen LogP contribution < -0.4 is 5.32 Å². The van der Waals surface area contributed by atoms with Gasteiger partial charge in [-0.3, -0.25) is 9.59 Å². The molecule has 1 atom stereocenters. The van der Waals surface area contributed by atoms with Crippen LogP contribution in [0.15, 0.2) is 23.1 Å². The number of piperidine rings is 1. The van der Waals surface area contributed by atoms with E-state index < -0.39 is 21.9 Å². The number of aliphatic carboxylic acids is 1. The lowest BCUT2D eigenvalue weighted by molar-refractivity contribution is -0.137. The quantitative estimate of drug-likeness (QED) is 0.732. The van der Waals surface area contributed by atoms with Crippen LogP contribution in [-0.2, 0) is 19.6 Å². The van der Waals surface area contributed by atoms with Gasteiger partial charge in [0.2, 0.25) is 15.9 Å². The van der Waals surface area contributed by atoms with Crippen LogP contribution in [0.2, 0.25) is 0 Å². The fourth-order valence-electron chi connectivity index (χ4n) is 2.94. The van der Waals surface area contributed by atoms with E-state index in [0.717, 1.165) is 11.7 Å². The Hall–Kier alpha value is -2.11. The molecule has 26 heavy (non-hydrogen) atoms. The molecule has 1 aliphatic rings. The minimum absolute atomic E-state index is 0.0290. The van der Waals surface area contributed by atoms with E-state index in [1.807, 2.05) is 0 Å². The number of carboxylic acid groups (broad SMARTS) is 1. The largest absolute Gasteiger partial charge is 0.481 e. The van der Waals surface area contributed by atoms with Crippen LogP contribution in [0.5, 0.6) is 0 Å². The van der Waals surface area contributed by atoms with Gasteiger partial charge in [0.25, 0.3) is 0 Å². The van der Waals surface area contributed by atoms with Gasteiger partial charge in [-0.1, -0.05) is 6.07 Å². The van der Waals surface area contributed by atoms with Crippen molar-refractivity contribution < 1.29 is 23.1 Å². The van der Waals surface area contributed by atoms with Crippen LogP contribution in [0.4, 0.5) is 0 Å². The number of nitrogens with one attached hydrogen (secondary N) is 1. The van der Waals surface area contributed by atoms with E-state index in [4.69, 9.17) is 5.11 Å². The van der Waals surface area contributed by atoms with E-state index in [1.165, 1.54) is 10.4 Å². The second kappa shape index (κ2) is 7.64. The molecule has 0 spiro atoms. The number of hydrogen-bond acceptors (Lipinski definition) is 7. The summed E-state index contributed by atoms with van der Waals surface area (Å²) >= 11 is 0.952. The Labute approximate surface area is 154 Å². The highest BCUT2D eigenvalue weighted by molar-refractivity contribution is 7.89. The first-order chi connectivity index (χ1) is 12.4. The lowest BCUT2D eigenvalue weighted by atomic mass is 9.99. The second-order valence-electron chi connectivity index (χ2n) is 6.03. The molecule has 2 N–H and O–H groups in total. The smallest absolute Gasteiger partial charge is 0.305 e. The number of benzene rings is 1. The van der Waals surface area contributed by atoms with E-state index >= 15 is 0 Å². The highest BCUT2D eigenvalue weighted by Gasteiger charge is 2.34. The van der Waals surface area contributed by atoms with Crippen LogP contribution in [0.3, 0.4) is 0 Å². The molecule has 140 valence electrons. The Balaban J connectivity index is 1.75. The molecule has 1 saturated heterocycles. The van der Waals surface area contributed by atoms with E-state index in [9.17, 15) is 18.0 Å². The molecule has 0 saturated carbocycles. The Morgan fingerprint density at radius 1 is 1.35 bits per heavy atom. The van der Waals surface area contributed by atoms with Crippen molar-refractivity contribution in [2.45, 2.75) is 24.2 Å². The van der Waals surface area contributed by atoms with Crippen LogP contribution in [0.25, 0.3) is 11.0 Å². The monoisotopic (exact) mass is 398 g/mol.